The molecule has 0 saturated carbocycles. The molecule has 0 radical (unpaired) electrons. The predicted molar refractivity (Wildman–Crippen MR) is 108 cm³/mol. The lowest BCUT2D eigenvalue weighted by molar-refractivity contribution is 0.102. The molecule has 1 N–H and O–H groups in total. The number of thioether (sulfide) groups is 1. The second-order valence-electron chi connectivity index (χ2n) is 6.17. The fourth-order valence-electron chi connectivity index (χ4n) is 3.10. The van der Waals surface area contributed by atoms with Gasteiger partial charge in [-0.15, -0.1) is 11.8 Å². The van der Waals surface area contributed by atoms with Crippen molar-refractivity contribution < 1.29 is 13.2 Å². The van der Waals surface area contributed by atoms with Gasteiger partial charge in [0, 0.05) is 17.1 Å². The minimum Gasteiger partial charge on any atom is -0.322 e. The number of carbonyl (C=O) groups is 1. The zero-order valence-corrected chi connectivity index (χ0v) is 16.5. The Morgan fingerprint density at radius 3 is 2.73 bits per heavy atom. The predicted octanol–water partition coefficient (Wildman–Crippen LogP) is 3.76. The van der Waals surface area contributed by atoms with E-state index < -0.39 is 10.0 Å². The Bertz CT molecular complexity index is 926. The minimum atomic E-state index is -3.33. The van der Waals surface area contributed by atoms with Gasteiger partial charge in [-0.2, -0.15) is 0 Å². The Labute approximate surface area is 158 Å². The van der Waals surface area contributed by atoms with Crippen molar-refractivity contribution in [3.63, 3.8) is 0 Å². The molecule has 3 rings (SSSR count). The summed E-state index contributed by atoms with van der Waals surface area (Å²) >= 11 is 1.62. The summed E-state index contributed by atoms with van der Waals surface area (Å²) in [6, 6.07) is 13.0. The van der Waals surface area contributed by atoms with E-state index in [4.69, 9.17) is 0 Å². The van der Waals surface area contributed by atoms with E-state index in [-0.39, 0.29) is 5.91 Å². The molecule has 7 heteroatoms. The van der Waals surface area contributed by atoms with E-state index in [9.17, 15) is 13.2 Å². The summed E-state index contributed by atoms with van der Waals surface area (Å²) in [6.45, 7) is 2.52. The third-order valence-electron chi connectivity index (χ3n) is 4.25. The molecule has 0 atom stereocenters. The largest absolute Gasteiger partial charge is 0.322 e. The summed E-state index contributed by atoms with van der Waals surface area (Å²) in [5, 5.41) is 2.91. The Hall–Kier alpha value is -1.99. The van der Waals surface area contributed by atoms with Gasteiger partial charge in [-0.1, -0.05) is 25.1 Å². The summed E-state index contributed by atoms with van der Waals surface area (Å²) in [5.74, 6) is 0.690. The molecule has 2 aromatic rings. The van der Waals surface area contributed by atoms with Crippen molar-refractivity contribution in [3.05, 3.63) is 53.6 Å². The number of hydrogen-bond donors (Lipinski definition) is 1. The minimum absolute atomic E-state index is 0.191. The lowest BCUT2D eigenvalue weighted by atomic mass is 10.0. The number of aryl methyl sites for hydroxylation is 1. The van der Waals surface area contributed by atoms with Gasteiger partial charge in [-0.05, 0) is 48.4 Å². The number of carbonyl (C=O) groups excluding carboxylic acids is 1. The number of fused-ring (bicyclic) bond motifs is 1. The van der Waals surface area contributed by atoms with Gasteiger partial charge in [-0.3, -0.25) is 9.10 Å². The molecular weight excluding hydrogens is 368 g/mol. The Balaban J connectivity index is 1.89. The van der Waals surface area contributed by atoms with Crippen LogP contribution >= 0.6 is 11.8 Å². The normalized spacial score (nSPS) is 14.0. The number of nitrogens with one attached hydrogen (secondary N) is 1. The van der Waals surface area contributed by atoms with Crippen molar-refractivity contribution in [1.82, 2.24) is 0 Å². The van der Waals surface area contributed by atoms with Crippen molar-refractivity contribution in [2.24, 2.45) is 0 Å². The Kier molecular flexibility index (Phi) is 5.58. The Morgan fingerprint density at radius 1 is 1.23 bits per heavy atom. The average Bonchev–Trinajstić information content (AvgIpc) is 2.61. The third-order valence-corrected chi connectivity index (χ3v) is 6.39. The van der Waals surface area contributed by atoms with E-state index in [2.05, 4.69) is 5.32 Å². The molecule has 0 unspecified atom stereocenters. The molecule has 5 nitrogen and oxygen atoms in total. The molecule has 0 aromatic heterocycles. The SMILES string of the molecule is CCSc1ccccc1C(=O)Nc1ccc2c(c1)N(S(C)(=O)=O)CCC2. The number of benzene rings is 2. The van der Waals surface area contributed by atoms with Crippen LogP contribution in [0.15, 0.2) is 47.4 Å². The number of hydrogen-bond acceptors (Lipinski definition) is 4. The second-order valence-corrected chi connectivity index (χ2v) is 9.38. The maximum atomic E-state index is 12.7. The highest BCUT2D eigenvalue weighted by molar-refractivity contribution is 7.99. The maximum absolute atomic E-state index is 12.7. The Morgan fingerprint density at radius 2 is 2.00 bits per heavy atom. The molecule has 0 bridgehead atoms. The van der Waals surface area contributed by atoms with E-state index in [0.717, 1.165) is 29.1 Å². The van der Waals surface area contributed by atoms with Crippen LogP contribution in [-0.4, -0.2) is 32.9 Å². The van der Waals surface area contributed by atoms with Gasteiger partial charge in [-0.25, -0.2) is 8.42 Å². The van der Waals surface area contributed by atoms with Crippen LogP contribution in [0, 0.1) is 0 Å². The lowest BCUT2D eigenvalue weighted by Crippen LogP contribution is -2.34. The number of amides is 1. The zero-order valence-electron chi connectivity index (χ0n) is 14.9. The number of rotatable bonds is 5. The fourth-order valence-corrected chi connectivity index (χ4v) is 4.89. The standard InChI is InChI=1S/C19H22N2O3S2/c1-3-25-18-9-5-4-8-16(18)19(22)20-15-11-10-14-7-6-12-21(17(14)13-15)26(2,23)24/h4-5,8-11,13H,3,6-7,12H2,1-2H3,(H,20,22). The van der Waals surface area contributed by atoms with E-state index in [1.165, 1.54) is 10.6 Å². The molecule has 26 heavy (non-hydrogen) atoms. The first-order valence-corrected chi connectivity index (χ1v) is 11.4. The first kappa shape index (κ1) is 18.8. The number of nitrogens with zero attached hydrogens (tertiary/aromatic N) is 1. The van der Waals surface area contributed by atoms with Crippen molar-refractivity contribution in [2.75, 3.05) is 28.2 Å². The molecule has 138 valence electrons. The third kappa shape index (κ3) is 4.04. The van der Waals surface area contributed by atoms with E-state index >= 15 is 0 Å². The highest BCUT2D eigenvalue weighted by Gasteiger charge is 2.24. The molecule has 1 heterocycles. The van der Waals surface area contributed by atoms with Crippen molar-refractivity contribution >= 4 is 39.1 Å². The van der Waals surface area contributed by atoms with Gasteiger partial charge < -0.3 is 5.32 Å². The van der Waals surface area contributed by atoms with Crippen molar-refractivity contribution in [1.29, 1.82) is 0 Å². The maximum Gasteiger partial charge on any atom is 0.256 e. The summed E-state index contributed by atoms with van der Waals surface area (Å²) in [6.07, 6.45) is 2.85. The molecule has 0 aliphatic carbocycles. The van der Waals surface area contributed by atoms with Crippen LogP contribution in [0.4, 0.5) is 11.4 Å². The fraction of sp³-hybridized carbons (Fsp3) is 0.316. The lowest BCUT2D eigenvalue weighted by Gasteiger charge is -2.29. The van der Waals surface area contributed by atoms with E-state index in [1.54, 1.807) is 23.9 Å². The van der Waals surface area contributed by atoms with Gasteiger partial charge in [0.15, 0.2) is 0 Å². The van der Waals surface area contributed by atoms with Crippen LogP contribution in [-0.2, 0) is 16.4 Å². The van der Waals surface area contributed by atoms with Crippen LogP contribution in [0.5, 0.6) is 0 Å². The smallest absolute Gasteiger partial charge is 0.256 e. The van der Waals surface area contributed by atoms with Crippen LogP contribution in [0.3, 0.4) is 0 Å². The van der Waals surface area contributed by atoms with Crippen LogP contribution < -0.4 is 9.62 Å². The monoisotopic (exact) mass is 390 g/mol. The summed E-state index contributed by atoms with van der Waals surface area (Å²) in [5.41, 5.74) is 2.87. The van der Waals surface area contributed by atoms with Gasteiger partial charge in [0.05, 0.1) is 17.5 Å². The molecule has 1 amide bonds. The molecule has 1 aliphatic heterocycles. The van der Waals surface area contributed by atoms with Crippen molar-refractivity contribution in [3.8, 4) is 0 Å². The topological polar surface area (TPSA) is 66.5 Å². The molecule has 1 aliphatic rings. The molecular formula is C19H22N2O3S2. The first-order valence-electron chi connectivity index (χ1n) is 8.54. The zero-order chi connectivity index (χ0) is 18.7. The number of anilines is 2. The van der Waals surface area contributed by atoms with Crippen LogP contribution in [0.25, 0.3) is 0 Å². The first-order chi connectivity index (χ1) is 12.4. The quantitative estimate of drug-likeness (QED) is 0.790. The molecule has 2 aromatic carbocycles. The highest BCUT2D eigenvalue weighted by Crippen LogP contribution is 2.32. The van der Waals surface area contributed by atoms with E-state index in [1.807, 2.05) is 37.3 Å². The molecule has 0 spiro atoms. The summed E-state index contributed by atoms with van der Waals surface area (Å²) < 4.78 is 25.5. The summed E-state index contributed by atoms with van der Waals surface area (Å²) in [4.78, 5) is 13.6. The van der Waals surface area contributed by atoms with Gasteiger partial charge >= 0.3 is 0 Å². The molecule has 0 fully saturated rings. The van der Waals surface area contributed by atoms with Crippen molar-refractivity contribution in [2.45, 2.75) is 24.7 Å². The van der Waals surface area contributed by atoms with E-state index in [0.29, 0.717) is 23.5 Å². The van der Waals surface area contributed by atoms with Crippen LogP contribution in [0.1, 0.15) is 29.3 Å². The molecule has 0 saturated heterocycles. The van der Waals surface area contributed by atoms with Gasteiger partial charge in [0.25, 0.3) is 5.91 Å². The van der Waals surface area contributed by atoms with Crippen LogP contribution in [0.2, 0.25) is 0 Å². The number of sulfonamides is 1. The average molecular weight is 391 g/mol. The van der Waals surface area contributed by atoms with Gasteiger partial charge in [0.2, 0.25) is 10.0 Å². The summed E-state index contributed by atoms with van der Waals surface area (Å²) in [7, 11) is -3.33. The second kappa shape index (κ2) is 7.72. The highest BCUT2D eigenvalue weighted by atomic mass is 32.2. The van der Waals surface area contributed by atoms with Gasteiger partial charge in [0.1, 0.15) is 0 Å².